The Morgan fingerprint density at radius 1 is 1.30 bits per heavy atom. The lowest BCUT2D eigenvalue weighted by Gasteiger charge is -2.22. The molecule has 0 aromatic rings. The van der Waals surface area contributed by atoms with Gasteiger partial charge in [0.2, 0.25) is 0 Å². The van der Waals surface area contributed by atoms with Gasteiger partial charge in [0.05, 0.1) is 19.1 Å². The molecule has 1 N–H and O–H groups in total. The minimum absolute atomic E-state index is 0. The van der Waals surface area contributed by atoms with Crippen molar-refractivity contribution in [3.63, 3.8) is 0 Å². The maximum atomic E-state index is 1.95. The first-order chi connectivity index (χ1) is 4.45. The lowest BCUT2D eigenvalue weighted by atomic mass is 9.97. The van der Waals surface area contributed by atoms with Crippen LogP contribution in [-0.2, 0) is 0 Å². The molecule has 1 saturated carbocycles. The summed E-state index contributed by atoms with van der Waals surface area (Å²) in [5.41, 5.74) is 0. The zero-order valence-electron chi connectivity index (χ0n) is 6.15. The van der Waals surface area contributed by atoms with Crippen molar-refractivity contribution in [3.8, 4) is 0 Å². The van der Waals surface area contributed by atoms with E-state index in [-0.39, 0.29) is 17.0 Å². The van der Waals surface area contributed by atoms with Crippen LogP contribution in [-0.4, -0.2) is 19.1 Å². The van der Waals surface area contributed by atoms with Crippen molar-refractivity contribution in [2.24, 2.45) is 11.8 Å². The van der Waals surface area contributed by atoms with Crippen molar-refractivity contribution in [3.05, 3.63) is 0 Å². The third-order valence-corrected chi connectivity index (χ3v) is 3.57. The summed E-state index contributed by atoms with van der Waals surface area (Å²) in [6, 6.07) is 1.15. The van der Waals surface area contributed by atoms with Crippen LogP contribution in [0, 0.1) is 11.8 Å². The highest BCUT2D eigenvalue weighted by molar-refractivity contribution is 4.97. The van der Waals surface area contributed by atoms with Gasteiger partial charge in [0, 0.05) is 18.3 Å². The lowest BCUT2D eigenvalue weighted by molar-refractivity contribution is -0.908. The van der Waals surface area contributed by atoms with Gasteiger partial charge in [0.1, 0.15) is 0 Å². The molecule has 2 saturated heterocycles. The predicted octanol–water partition coefficient (Wildman–Crippen LogP) is -3.31. The van der Waals surface area contributed by atoms with E-state index in [0.29, 0.717) is 0 Å². The minimum Gasteiger partial charge on any atom is -1.00 e. The first-order valence-electron chi connectivity index (χ1n) is 4.30. The van der Waals surface area contributed by atoms with Crippen LogP contribution in [0.15, 0.2) is 0 Å². The topological polar surface area (TPSA) is 4.44 Å². The zero-order valence-corrected chi connectivity index (χ0v) is 7.73. The minimum atomic E-state index is 0. The van der Waals surface area contributed by atoms with Gasteiger partial charge in [0.15, 0.2) is 0 Å². The molecule has 0 radical (unpaired) electrons. The van der Waals surface area contributed by atoms with E-state index in [2.05, 4.69) is 0 Å². The van der Waals surface area contributed by atoms with E-state index in [1.54, 1.807) is 12.8 Å². The van der Waals surface area contributed by atoms with Crippen LogP contribution in [0.1, 0.15) is 19.3 Å². The van der Waals surface area contributed by atoms with Crippen molar-refractivity contribution in [1.29, 1.82) is 0 Å². The highest BCUT2D eigenvalue weighted by Gasteiger charge is 2.58. The van der Waals surface area contributed by atoms with Gasteiger partial charge in [-0.3, -0.25) is 0 Å². The number of hydrogen-bond acceptors (Lipinski definition) is 0. The highest BCUT2D eigenvalue weighted by atomic mass is 79.9. The third kappa shape index (κ3) is 0.782. The molecule has 0 aromatic heterocycles. The van der Waals surface area contributed by atoms with Gasteiger partial charge in [-0.1, -0.05) is 0 Å². The molecule has 3 rings (SSSR count). The normalized spacial score (nSPS) is 55.2. The molecule has 2 heteroatoms. The van der Waals surface area contributed by atoms with Crippen molar-refractivity contribution >= 4 is 0 Å². The summed E-state index contributed by atoms with van der Waals surface area (Å²) < 4.78 is 0. The SMILES string of the molecule is C1CC2C[NH+](C1)C1CC21.[Br-]. The molecule has 0 aromatic carbocycles. The fourth-order valence-electron chi connectivity index (χ4n) is 3.04. The summed E-state index contributed by atoms with van der Waals surface area (Å²) >= 11 is 0. The first-order valence-corrected chi connectivity index (χ1v) is 4.30. The summed E-state index contributed by atoms with van der Waals surface area (Å²) in [7, 11) is 0. The fraction of sp³-hybridized carbons (Fsp3) is 1.00. The van der Waals surface area contributed by atoms with E-state index in [9.17, 15) is 0 Å². The number of rotatable bonds is 0. The molecule has 0 spiro atoms. The second kappa shape index (κ2) is 2.21. The van der Waals surface area contributed by atoms with Crippen LogP contribution in [0.3, 0.4) is 0 Å². The molecule has 2 heterocycles. The van der Waals surface area contributed by atoms with E-state index in [1.807, 2.05) is 4.90 Å². The number of piperidine rings is 2. The van der Waals surface area contributed by atoms with Crippen molar-refractivity contribution < 1.29 is 21.9 Å². The Morgan fingerprint density at radius 3 is 2.90 bits per heavy atom. The van der Waals surface area contributed by atoms with Crippen molar-refractivity contribution in [2.75, 3.05) is 13.1 Å². The van der Waals surface area contributed by atoms with Crippen LogP contribution >= 0.6 is 0 Å². The molecule has 58 valence electrons. The van der Waals surface area contributed by atoms with Crippen LogP contribution < -0.4 is 21.9 Å². The molecular weight excluding hydrogens is 190 g/mol. The number of hydrogen-bond donors (Lipinski definition) is 1. The Hall–Kier alpha value is 0.440. The van der Waals surface area contributed by atoms with Gasteiger partial charge in [0.25, 0.3) is 0 Å². The Kier molecular flexibility index (Phi) is 1.57. The Labute approximate surface area is 72.5 Å². The molecule has 3 aliphatic rings. The summed E-state index contributed by atoms with van der Waals surface area (Å²) in [5.74, 6) is 2.36. The first kappa shape index (κ1) is 7.11. The second-order valence-electron chi connectivity index (χ2n) is 4.02. The van der Waals surface area contributed by atoms with Gasteiger partial charge in [-0.2, -0.15) is 0 Å². The zero-order chi connectivity index (χ0) is 5.84. The Morgan fingerprint density at radius 2 is 2.20 bits per heavy atom. The summed E-state index contributed by atoms with van der Waals surface area (Å²) in [6.07, 6.45) is 4.66. The second-order valence-corrected chi connectivity index (χ2v) is 4.02. The third-order valence-electron chi connectivity index (χ3n) is 3.57. The molecule has 2 bridgehead atoms. The number of halogens is 1. The van der Waals surface area contributed by atoms with Crippen LogP contribution in [0.25, 0.3) is 0 Å². The monoisotopic (exact) mass is 203 g/mol. The lowest BCUT2D eigenvalue weighted by Crippen LogP contribution is -3.13. The molecule has 1 aliphatic carbocycles. The average Bonchev–Trinajstić information content (AvgIpc) is 2.62. The Balaban J connectivity index is 0.000000403. The molecule has 4 atom stereocenters. The molecule has 1 nitrogen and oxygen atoms in total. The highest BCUT2D eigenvalue weighted by Crippen LogP contribution is 2.42. The van der Waals surface area contributed by atoms with Gasteiger partial charge >= 0.3 is 0 Å². The maximum Gasteiger partial charge on any atom is 0.0915 e. The summed E-state index contributed by atoms with van der Waals surface area (Å²) in [5, 5.41) is 0. The Bertz CT molecular complexity index is 134. The molecule has 10 heavy (non-hydrogen) atoms. The van der Waals surface area contributed by atoms with Crippen molar-refractivity contribution in [1.82, 2.24) is 0 Å². The quantitative estimate of drug-likeness (QED) is 0.421. The standard InChI is InChI=1S/C8H13N.BrH/c1-2-6-5-9(3-1)8-4-7(6)8;/h6-8H,1-5H2;1H. The van der Waals surface area contributed by atoms with E-state index in [0.717, 1.165) is 6.04 Å². The largest absolute Gasteiger partial charge is 1.00 e. The molecule has 0 amide bonds. The van der Waals surface area contributed by atoms with Crippen molar-refractivity contribution in [2.45, 2.75) is 25.3 Å². The van der Waals surface area contributed by atoms with E-state index >= 15 is 0 Å². The van der Waals surface area contributed by atoms with E-state index < -0.39 is 0 Å². The van der Waals surface area contributed by atoms with E-state index in [4.69, 9.17) is 0 Å². The molecule has 3 fully saturated rings. The molecular formula is C8H14BrN. The number of nitrogens with one attached hydrogen (secondary N) is 1. The van der Waals surface area contributed by atoms with Gasteiger partial charge in [-0.05, 0) is 12.8 Å². The van der Waals surface area contributed by atoms with Gasteiger partial charge < -0.3 is 21.9 Å². The number of fused-ring (bicyclic) bond motifs is 5. The smallest absolute Gasteiger partial charge is 0.0915 e. The van der Waals surface area contributed by atoms with E-state index in [1.165, 1.54) is 31.3 Å². The molecule has 4 unspecified atom stereocenters. The summed E-state index contributed by atoms with van der Waals surface area (Å²) in [6.45, 7) is 3.03. The molecule has 2 aliphatic heterocycles. The van der Waals surface area contributed by atoms with Crippen LogP contribution in [0.5, 0.6) is 0 Å². The predicted molar refractivity (Wildman–Crippen MR) is 35.3 cm³/mol. The van der Waals surface area contributed by atoms with Gasteiger partial charge in [-0.15, -0.1) is 0 Å². The average molecular weight is 204 g/mol. The van der Waals surface area contributed by atoms with Gasteiger partial charge in [-0.25, -0.2) is 0 Å². The van der Waals surface area contributed by atoms with Crippen LogP contribution in [0.4, 0.5) is 0 Å². The summed E-state index contributed by atoms with van der Waals surface area (Å²) in [4.78, 5) is 1.95. The number of quaternary nitrogens is 1. The maximum absolute atomic E-state index is 1.95. The fourth-order valence-corrected chi connectivity index (χ4v) is 3.04. The van der Waals surface area contributed by atoms with Crippen LogP contribution in [0.2, 0.25) is 0 Å².